The number of aromatic nitrogens is 2. The van der Waals surface area contributed by atoms with Crippen molar-refractivity contribution in [2.75, 3.05) is 37.4 Å². The zero-order valence-corrected chi connectivity index (χ0v) is 21.2. The Balaban J connectivity index is 1.18. The van der Waals surface area contributed by atoms with Crippen LogP contribution in [0.4, 0.5) is 11.4 Å². The summed E-state index contributed by atoms with van der Waals surface area (Å²) in [6.07, 6.45) is 2.87. The highest BCUT2D eigenvalue weighted by Gasteiger charge is 2.37. The number of fused-ring (bicyclic) bond motifs is 5. The second-order valence-corrected chi connectivity index (χ2v) is 10.4. The zero-order valence-electron chi connectivity index (χ0n) is 21.2. The third-order valence-electron chi connectivity index (χ3n) is 7.65. The number of pyridine rings is 2. The summed E-state index contributed by atoms with van der Waals surface area (Å²) < 4.78 is 1.92. The lowest BCUT2D eigenvalue weighted by atomic mass is 9.83. The van der Waals surface area contributed by atoms with E-state index in [0.717, 1.165) is 34.3 Å². The van der Waals surface area contributed by atoms with Crippen molar-refractivity contribution < 1.29 is 4.79 Å². The number of carbonyl (C=O) groups is 1. The Morgan fingerprint density at radius 2 is 1.84 bits per heavy atom. The number of nitrogens with zero attached hydrogens (tertiary/aromatic N) is 4. The highest BCUT2D eigenvalue weighted by atomic mass is 16.2. The molecule has 1 amide bonds. The van der Waals surface area contributed by atoms with Crippen LogP contribution in [-0.2, 0) is 13.1 Å². The van der Waals surface area contributed by atoms with Gasteiger partial charge in [-0.05, 0) is 66.4 Å². The lowest BCUT2D eigenvalue weighted by Crippen LogP contribution is -2.49. The van der Waals surface area contributed by atoms with Crippen molar-refractivity contribution in [3.05, 3.63) is 100 Å². The van der Waals surface area contributed by atoms with Crippen LogP contribution in [0.2, 0.25) is 0 Å². The monoisotopic (exact) mass is 493 g/mol. The number of benzene rings is 2. The molecule has 188 valence electrons. The molecular weight excluding hydrogens is 462 g/mol. The molecule has 1 N–H and O–H groups in total. The number of anilines is 2. The molecule has 2 aromatic carbocycles. The van der Waals surface area contributed by atoms with Gasteiger partial charge in [-0.1, -0.05) is 18.2 Å². The molecule has 7 nitrogen and oxygen atoms in total. The van der Waals surface area contributed by atoms with E-state index in [1.54, 1.807) is 0 Å². The Morgan fingerprint density at radius 3 is 2.65 bits per heavy atom. The Hall–Kier alpha value is -4.13. The molecule has 2 bridgehead atoms. The second kappa shape index (κ2) is 9.39. The summed E-state index contributed by atoms with van der Waals surface area (Å²) in [4.78, 5) is 35.2. The SMILES string of the molecule is CN(C)c1ccc(C(=O)N2C[C@@H]3C[C@H](C2)c2ccc(NCc4cnc5ccccc5c4)c(=O)n2C3)cc1. The Kier molecular flexibility index (Phi) is 5.91. The summed E-state index contributed by atoms with van der Waals surface area (Å²) >= 11 is 0. The van der Waals surface area contributed by atoms with Crippen LogP contribution in [0, 0.1) is 5.92 Å². The highest BCUT2D eigenvalue weighted by molar-refractivity contribution is 5.94. The zero-order chi connectivity index (χ0) is 25.5. The number of likely N-dealkylation sites (tertiary alicyclic amines) is 1. The molecule has 2 atom stereocenters. The third kappa shape index (κ3) is 4.46. The van der Waals surface area contributed by atoms with E-state index in [2.05, 4.69) is 22.4 Å². The average Bonchev–Trinajstić information content (AvgIpc) is 2.92. The van der Waals surface area contributed by atoms with E-state index in [1.165, 1.54) is 0 Å². The van der Waals surface area contributed by atoms with Crippen molar-refractivity contribution in [1.29, 1.82) is 0 Å². The van der Waals surface area contributed by atoms with Crippen LogP contribution in [0.5, 0.6) is 0 Å². The van der Waals surface area contributed by atoms with E-state index >= 15 is 0 Å². The van der Waals surface area contributed by atoms with E-state index in [0.29, 0.717) is 37.4 Å². The number of amides is 1. The number of hydrogen-bond acceptors (Lipinski definition) is 5. The molecule has 0 unspecified atom stereocenters. The first-order chi connectivity index (χ1) is 18.0. The van der Waals surface area contributed by atoms with Crippen LogP contribution < -0.4 is 15.8 Å². The van der Waals surface area contributed by atoms with E-state index < -0.39 is 0 Å². The third-order valence-corrected chi connectivity index (χ3v) is 7.65. The van der Waals surface area contributed by atoms with Gasteiger partial charge in [0.25, 0.3) is 11.5 Å². The number of carbonyl (C=O) groups excluding carboxylic acids is 1. The number of rotatable bonds is 5. The van der Waals surface area contributed by atoms with Gasteiger partial charge in [-0.15, -0.1) is 0 Å². The maximum absolute atomic E-state index is 13.4. The fraction of sp³-hybridized carbons (Fsp3) is 0.300. The minimum absolute atomic E-state index is 0.0139. The van der Waals surface area contributed by atoms with Crippen LogP contribution in [-0.4, -0.2) is 47.5 Å². The van der Waals surface area contributed by atoms with Crippen LogP contribution in [0.25, 0.3) is 10.9 Å². The van der Waals surface area contributed by atoms with Crippen LogP contribution >= 0.6 is 0 Å². The first kappa shape index (κ1) is 23.3. The Bertz CT molecular complexity index is 1530. The van der Waals surface area contributed by atoms with Crippen molar-refractivity contribution in [3.8, 4) is 0 Å². The molecule has 37 heavy (non-hydrogen) atoms. The van der Waals surface area contributed by atoms with E-state index in [4.69, 9.17) is 0 Å². The predicted molar refractivity (Wildman–Crippen MR) is 147 cm³/mol. The molecule has 6 rings (SSSR count). The van der Waals surface area contributed by atoms with E-state index in [-0.39, 0.29) is 23.3 Å². The Morgan fingerprint density at radius 1 is 1.03 bits per heavy atom. The average molecular weight is 494 g/mol. The smallest absolute Gasteiger partial charge is 0.274 e. The Labute approximate surface area is 216 Å². The summed E-state index contributed by atoms with van der Waals surface area (Å²) in [7, 11) is 3.98. The van der Waals surface area contributed by atoms with Gasteiger partial charge in [-0.3, -0.25) is 14.6 Å². The number of para-hydroxylation sites is 1. The quantitative estimate of drug-likeness (QED) is 0.448. The molecule has 2 aromatic heterocycles. The molecule has 1 saturated heterocycles. The lowest BCUT2D eigenvalue weighted by molar-refractivity contribution is 0.0594. The molecule has 4 aromatic rings. The second-order valence-electron chi connectivity index (χ2n) is 10.4. The van der Waals surface area contributed by atoms with E-state index in [1.807, 2.05) is 89.3 Å². The van der Waals surface area contributed by atoms with Gasteiger partial charge in [0, 0.05) is 74.7 Å². The summed E-state index contributed by atoms with van der Waals surface area (Å²) in [6, 6.07) is 21.9. The minimum atomic E-state index is 0.0139. The summed E-state index contributed by atoms with van der Waals surface area (Å²) in [6.45, 7) is 2.49. The van der Waals surface area contributed by atoms with Gasteiger partial charge in [0.2, 0.25) is 0 Å². The molecule has 0 radical (unpaired) electrons. The largest absolute Gasteiger partial charge is 0.378 e. The molecular formula is C30H31N5O2. The molecule has 0 aliphatic carbocycles. The van der Waals surface area contributed by atoms with Crippen molar-refractivity contribution >= 4 is 28.2 Å². The molecule has 0 saturated carbocycles. The molecule has 4 heterocycles. The molecule has 2 aliphatic rings. The fourth-order valence-electron chi connectivity index (χ4n) is 5.74. The minimum Gasteiger partial charge on any atom is -0.378 e. The van der Waals surface area contributed by atoms with Crippen LogP contribution in [0.1, 0.15) is 34.0 Å². The van der Waals surface area contributed by atoms with Gasteiger partial charge >= 0.3 is 0 Å². The number of hydrogen-bond donors (Lipinski definition) is 1. The van der Waals surface area contributed by atoms with E-state index in [9.17, 15) is 9.59 Å². The first-order valence-electron chi connectivity index (χ1n) is 12.8. The summed E-state index contributed by atoms with van der Waals surface area (Å²) in [5.41, 5.74) is 5.42. The molecule has 2 aliphatic heterocycles. The summed E-state index contributed by atoms with van der Waals surface area (Å²) in [5, 5.41) is 4.42. The maximum Gasteiger partial charge on any atom is 0.274 e. The number of nitrogens with one attached hydrogen (secondary N) is 1. The van der Waals surface area contributed by atoms with Gasteiger partial charge in [-0.2, -0.15) is 0 Å². The first-order valence-corrected chi connectivity index (χ1v) is 12.8. The number of piperidine rings is 1. The van der Waals surface area contributed by atoms with Gasteiger partial charge in [0.15, 0.2) is 0 Å². The lowest BCUT2D eigenvalue weighted by Gasteiger charge is -2.43. The van der Waals surface area contributed by atoms with Crippen LogP contribution in [0.3, 0.4) is 0 Å². The van der Waals surface area contributed by atoms with Gasteiger partial charge in [0.05, 0.1) is 5.52 Å². The van der Waals surface area contributed by atoms with Gasteiger partial charge < -0.3 is 19.7 Å². The standard InChI is InChI=1S/C30H31N5O2/c1-33(2)25-9-7-22(8-10-25)29(36)34-17-21-14-24(19-34)28-12-11-27(30(37)35(28)18-21)32-16-20-13-23-5-3-4-6-26(23)31-15-20/h3-13,15,21,24,32H,14,16-19H2,1-2H3/t21-,24+/m0/s1. The topological polar surface area (TPSA) is 70.5 Å². The van der Waals surface area contributed by atoms with Crippen molar-refractivity contribution in [2.45, 2.75) is 25.4 Å². The maximum atomic E-state index is 13.4. The fourth-order valence-corrected chi connectivity index (χ4v) is 5.74. The van der Waals surface area contributed by atoms with Crippen LogP contribution in [0.15, 0.2) is 77.7 Å². The van der Waals surface area contributed by atoms with Crippen molar-refractivity contribution in [2.24, 2.45) is 5.92 Å². The van der Waals surface area contributed by atoms with Crippen molar-refractivity contribution in [3.63, 3.8) is 0 Å². The summed E-state index contributed by atoms with van der Waals surface area (Å²) in [5.74, 6) is 0.510. The van der Waals surface area contributed by atoms with Gasteiger partial charge in [0.1, 0.15) is 5.69 Å². The van der Waals surface area contributed by atoms with Gasteiger partial charge in [-0.25, -0.2) is 0 Å². The van der Waals surface area contributed by atoms with Crippen molar-refractivity contribution in [1.82, 2.24) is 14.5 Å². The molecule has 7 heteroatoms. The normalized spacial score (nSPS) is 18.4. The highest BCUT2D eigenvalue weighted by Crippen LogP contribution is 2.36. The molecule has 1 fully saturated rings. The molecule has 0 spiro atoms. The predicted octanol–water partition coefficient (Wildman–Crippen LogP) is 4.33.